The number of aliphatic hydroxyl groups excluding tert-OH is 1. The Balaban J connectivity index is 1.58. The Morgan fingerprint density at radius 1 is 1.14 bits per heavy atom. The van der Waals surface area contributed by atoms with Crippen LogP contribution in [0.1, 0.15) is 31.7 Å². The molecule has 3 amide bonds. The molecule has 6 atom stereocenters. The SMILES string of the molecule is CC[C@@]12CCC3(O1)C(C(=O)Nc1ccc(Cl)cc1)N([C@@H](CO)Cc1ccccc1)C(=O)[C@@H]3[C@@H]2C(=O)NC. The molecule has 3 heterocycles. The molecular weight excluding hydrogens is 494 g/mol. The van der Waals surface area contributed by atoms with E-state index in [4.69, 9.17) is 16.3 Å². The number of rotatable bonds is 8. The van der Waals surface area contributed by atoms with Gasteiger partial charge in [0.15, 0.2) is 0 Å². The number of amides is 3. The Kier molecular flexibility index (Phi) is 6.77. The first-order valence-corrected chi connectivity index (χ1v) is 13.1. The van der Waals surface area contributed by atoms with Gasteiger partial charge in [0, 0.05) is 17.8 Å². The van der Waals surface area contributed by atoms with Crippen molar-refractivity contribution < 1.29 is 24.2 Å². The third-order valence-electron chi connectivity index (χ3n) is 8.43. The molecule has 2 aromatic rings. The van der Waals surface area contributed by atoms with Crippen LogP contribution in [0.2, 0.25) is 5.02 Å². The minimum Gasteiger partial charge on any atom is -0.394 e. The molecule has 9 heteroatoms. The van der Waals surface area contributed by atoms with Gasteiger partial charge in [0.05, 0.1) is 30.1 Å². The first-order chi connectivity index (χ1) is 17.8. The predicted molar refractivity (Wildman–Crippen MR) is 139 cm³/mol. The fourth-order valence-electron chi connectivity index (χ4n) is 6.78. The van der Waals surface area contributed by atoms with Crippen molar-refractivity contribution in [2.24, 2.45) is 11.8 Å². The van der Waals surface area contributed by atoms with Gasteiger partial charge in [-0.3, -0.25) is 14.4 Å². The standard InChI is InChI=1S/C28H32ClN3O5/c1-3-27-13-14-28(37-27)22(21(27)24(34)30-2)26(36)32(20(16-33)15-17-7-5-4-6-8-17)23(28)25(35)31-19-11-9-18(29)10-12-19/h4-12,20-23,33H,3,13-16H2,1-2H3,(H,30,34)(H,31,35)/t20-,21-,22+,23?,27+,28?/m1/s1. The molecule has 37 heavy (non-hydrogen) atoms. The van der Waals surface area contributed by atoms with Crippen LogP contribution in [0.5, 0.6) is 0 Å². The van der Waals surface area contributed by atoms with Gasteiger partial charge >= 0.3 is 0 Å². The van der Waals surface area contributed by atoms with E-state index < -0.39 is 41.0 Å². The largest absolute Gasteiger partial charge is 0.394 e. The molecule has 3 fully saturated rings. The zero-order valence-electron chi connectivity index (χ0n) is 20.9. The summed E-state index contributed by atoms with van der Waals surface area (Å²) in [6, 6.07) is 14.6. The lowest BCUT2D eigenvalue weighted by molar-refractivity contribution is -0.149. The van der Waals surface area contributed by atoms with Crippen molar-refractivity contribution in [3.05, 3.63) is 65.2 Å². The summed E-state index contributed by atoms with van der Waals surface area (Å²) >= 11 is 6.02. The number of fused-ring (bicyclic) bond motifs is 1. The van der Waals surface area contributed by atoms with E-state index in [0.29, 0.717) is 36.4 Å². The summed E-state index contributed by atoms with van der Waals surface area (Å²) in [7, 11) is 1.55. The van der Waals surface area contributed by atoms with Crippen LogP contribution >= 0.6 is 11.6 Å². The van der Waals surface area contributed by atoms with Gasteiger partial charge < -0.3 is 25.4 Å². The molecule has 0 saturated carbocycles. The fraction of sp³-hybridized carbons (Fsp3) is 0.464. The van der Waals surface area contributed by atoms with E-state index in [1.165, 1.54) is 4.90 Å². The van der Waals surface area contributed by atoms with Crippen molar-refractivity contribution in [3.8, 4) is 0 Å². The first-order valence-electron chi connectivity index (χ1n) is 12.8. The van der Waals surface area contributed by atoms with Crippen molar-refractivity contribution in [1.82, 2.24) is 10.2 Å². The smallest absolute Gasteiger partial charge is 0.250 e. The van der Waals surface area contributed by atoms with E-state index in [0.717, 1.165) is 5.56 Å². The average Bonchev–Trinajstić information content (AvgIpc) is 3.52. The molecule has 3 aliphatic heterocycles. The summed E-state index contributed by atoms with van der Waals surface area (Å²) in [6.45, 7) is 1.62. The van der Waals surface area contributed by atoms with Crippen LogP contribution in [0, 0.1) is 11.8 Å². The van der Waals surface area contributed by atoms with Crippen LogP contribution in [-0.2, 0) is 25.5 Å². The molecule has 3 aliphatic rings. The van der Waals surface area contributed by atoms with E-state index in [1.807, 2.05) is 37.3 Å². The van der Waals surface area contributed by atoms with Gasteiger partial charge in [0.25, 0.3) is 0 Å². The number of anilines is 1. The topological polar surface area (TPSA) is 108 Å². The van der Waals surface area contributed by atoms with Crippen LogP contribution in [0.4, 0.5) is 5.69 Å². The average molecular weight is 526 g/mol. The Labute approximate surface area is 221 Å². The lowest BCUT2D eigenvalue weighted by Crippen LogP contribution is -2.57. The highest BCUT2D eigenvalue weighted by atomic mass is 35.5. The van der Waals surface area contributed by atoms with Crippen molar-refractivity contribution in [2.75, 3.05) is 19.0 Å². The highest BCUT2D eigenvalue weighted by molar-refractivity contribution is 6.30. The highest BCUT2D eigenvalue weighted by Crippen LogP contribution is 2.64. The number of nitrogens with one attached hydrogen (secondary N) is 2. The summed E-state index contributed by atoms with van der Waals surface area (Å²) in [4.78, 5) is 42.9. The van der Waals surface area contributed by atoms with E-state index >= 15 is 0 Å². The van der Waals surface area contributed by atoms with Crippen molar-refractivity contribution in [1.29, 1.82) is 0 Å². The zero-order valence-corrected chi connectivity index (χ0v) is 21.7. The summed E-state index contributed by atoms with van der Waals surface area (Å²) in [5.74, 6) is -2.52. The van der Waals surface area contributed by atoms with E-state index in [2.05, 4.69) is 10.6 Å². The maximum absolute atomic E-state index is 14.2. The van der Waals surface area contributed by atoms with Crippen molar-refractivity contribution in [2.45, 2.75) is 55.9 Å². The second-order valence-corrected chi connectivity index (χ2v) is 10.7. The third-order valence-corrected chi connectivity index (χ3v) is 8.68. The van der Waals surface area contributed by atoms with Crippen molar-refractivity contribution in [3.63, 3.8) is 0 Å². The first kappa shape index (κ1) is 25.7. The molecule has 5 rings (SSSR count). The van der Waals surface area contributed by atoms with Crippen LogP contribution in [0.3, 0.4) is 0 Å². The number of hydrogen-bond acceptors (Lipinski definition) is 5. The Hall–Kier alpha value is -2.94. The van der Waals surface area contributed by atoms with E-state index in [9.17, 15) is 19.5 Å². The number of carbonyl (C=O) groups excluding carboxylic acids is 3. The maximum Gasteiger partial charge on any atom is 0.250 e. The third kappa shape index (κ3) is 4.02. The van der Waals surface area contributed by atoms with Gasteiger partial charge in [-0.25, -0.2) is 0 Å². The van der Waals surface area contributed by atoms with Gasteiger partial charge in [0.1, 0.15) is 11.6 Å². The normalized spacial score (nSPS) is 30.8. The minimum atomic E-state index is -1.16. The van der Waals surface area contributed by atoms with Gasteiger partial charge in [-0.05, 0) is 55.5 Å². The molecule has 2 unspecified atom stereocenters. The monoisotopic (exact) mass is 525 g/mol. The van der Waals surface area contributed by atoms with Crippen LogP contribution in [0.15, 0.2) is 54.6 Å². The molecule has 8 nitrogen and oxygen atoms in total. The Bertz CT molecular complexity index is 1190. The summed E-state index contributed by atoms with van der Waals surface area (Å²) < 4.78 is 6.71. The second-order valence-electron chi connectivity index (χ2n) is 10.2. The Morgan fingerprint density at radius 2 is 1.84 bits per heavy atom. The zero-order chi connectivity index (χ0) is 26.4. The minimum absolute atomic E-state index is 0.260. The number of nitrogens with zero attached hydrogens (tertiary/aromatic N) is 1. The lowest BCUT2D eigenvalue weighted by Gasteiger charge is -2.37. The molecule has 0 aliphatic carbocycles. The number of benzene rings is 2. The number of carbonyl (C=O) groups is 3. The van der Waals surface area contributed by atoms with E-state index in [-0.39, 0.29) is 18.4 Å². The summed E-state index contributed by atoms with van der Waals surface area (Å²) in [5.41, 5.74) is -0.505. The highest BCUT2D eigenvalue weighted by Gasteiger charge is 2.79. The van der Waals surface area contributed by atoms with Crippen LogP contribution < -0.4 is 10.6 Å². The Morgan fingerprint density at radius 3 is 2.46 bits per heavy atom. The van der Waals surface area contributed by atoms with Crippen molar-refractivity contribution >= 4 is 35.0 Å². The maximum atomic E-state index is 14.2. The molecule has 1 spiro atoms. The number of halogens is 1. The molecule has 3 saturated heterocycles. The van der Waals surface area contributed by atoms with Gasteiger partial charge in [0.2, 0.25) is 17.7 Å². The number of hydrogen-bond donors (Lipinski definition) is 3. The molecule has 0 aromatic heterocycles. The predicted octanol–water partition coefficient (Wildman–Crippen LogP) is 2.78. The van der Waals surface area contributed by atoms with Crippen LogP contribution in [-0.4, -0.2) is 64.7 Å². The molecular formula is C28H32ClN3O5. The fourth-order valence-corrected chi connectivity index (χ4v) is 6.91. The van der Waals surface area contributed by atoms with Gasteiger partial charge in [-0.2, -0.15) is 0 Å². The second kappa shape index (κ2) is 9.74. The molecule has 2 bridgehead atoms. The number of ether oxygens (including phenoxy) is 1. The van der Waals surface area contributed by atoms with Gasteiger partial charge in [-0.15, -0.1) is 0 Å². The summed E-state index contributed by atoms with van der Waals surface area (Å²) in [5, 5.41) is 16.7. The lowest BCUT2D eigenvalue weighted by atomic mass is 9.65. The summed E-state index contributed by atoms with van der Waals surface area (Å²) in [6.07, 6.45) is 1.96. The quantitative estimate of drug-likeness (QED) is 0.491. The molecule has 3 N–H and O–H groups in total. The van der Waals surface area contributed by atoms with E-state index in [1.54, 1.807) is 31.3 Å². The molecule has 0 radical (unpaired) electrons. The molecule has 196 valence electrons. The molecule has 2 aromatic carbocycles. The van der Waals surface area contributed by atoms with Crippen LogP contribution in [0.25, 0.3) is 0 Å². The number of likely N-dealkylation sites (tertiary alicyclic amines) is 1. The van der Waals surface area contributed by atoms with Gasteiger partial charge in [-0.1, -0.05) is 48.9 Å². The number of aliphatic hydroxyl groups is 1.